The Morgan fingerprint density at radius 2 is 2.00 bits per heavy atom. The Labute approximate surface area is 43.5 Å². The summed E-state index contributed by atoms with van der Waals surface area (Å²) in [6.07, 6.45) is 0. The van der Waals surface area contributed by atoms with Crippen molar-refractivity contribution in [3.8, 4) is 0 Å². The zero-order valence-electron chi connectivity index (χ0n) is 2.41. The quantitative estimate of drug-likeness (QED) is 0.498. The van der Waals surface area contributed by atoms with Crippen molar-refractivity contribution in [3.05, 3.63) is 0 Å². The third-order valence-corrected chi connectivity index (χ3v) is 2.52. The molecule has 0 unspecified atom stereocenters. The Balaban J connectivity index is 1.97. The molecule has 0 aromatic heterocycles. The van der Waals surface area contributed by atoms with Crippen molar-refractivity contribution >= 4 is 32.8 Å². The molecular formula is C2H4SiSn+3. The molecule has 0 N–H and O–H groups in total. The molecule has 0 aliphatic carbocycles. The van der Waals surface area contributed by atoms with E-state index in [1.165, 1.54) is 10.5 Å². The molecule has 0 aromatic carbocycles. The molecule has 4 heavy (non-hydrogen) atoms. The Bertz CT molecular complexity index is 8.00. The van der Waals surface area contributed by atoms with Gasteiger partial charge in [-0.1, -0.05) is 0 Å². The van der Waals surface area contributed by atoms with Gasteiger partial charge in [0.05, 0.1) is 0 Å². The molecule has 0 bridgehead atoms. The third-order valence-electron chi connectivity index (χ3n) is 0.125. The minimum absolute atomic E-state index is 1.16. The number of rotatable bonds is 1. The summed E-state index contributed by atoms with van der Waals surface area (Å²) in [5.74, 6) is 0. The molecule has 0 saturated carbocycles. The van der Waals surface area contributed by atoms with E-state index in [0.29, 0.717) is 0 Å². The molecule has 17 valence electrons. The van der Waals surface area contributed by atoms with Crippen LogP contribution in [-0.4, -0.2) is 32.8 Å². The first kappa shape index (κ1) is 5.02. The van der Waals surface area contributed by atoms with Crippen molar-refractivity contribution in [2.75, 3.05) is 0 Å². The molecule has 0 amide bonds. The third kappa shape index (κ3) is 3.02. The fraction of sp³-hybridized carbons (Fsp3) is 1.00. The summed E-state index contributed by atoms with van der Waals surface area (Å²) in [6.45, 7) is 0. The Morgan fingerprint density at radius 3 is 2.00 bits per heavy atom. The van der Waals surface area contributed by atoms with E-state index >= 15 is 0 Å². The minimum atomic E-state index is 1.16. The van der Waals surface area contributed by atoms with Crippen molar-refractivity contribution in [3.63, 3.8) is 0 Å². The normalized spacial score (nSPS) is 7.75. The van der Waals surface area contributed by atoms with Gasteiger partial charge >= 0.3 is 43.2 Å². The van der Waals surface area contributed by atoms with Crippen LogP contribution in [0, 0.1) is 0 Å². The first-order chi connectivity index (χ1) is 1.91. The van der Waals surface area contributed by atoms with Gasteiger partial charge in [-0.2, -0.15) is 0 Å². The number of hydrogen-bond acceptors (Lipinski definition) is 0. The summed E-state index contributed by atoms with van der Waals surface area (Å²) in [7, 11) is 3.31. The van der Waals surface area contributed by atoms with Gasteiger partial charge in [0.1, 0.15) is 0 Å². The summed E-state index contributed by atoms with van der Waals surface area (Å²) in [5.41, 5.74) is 0. The molecule has 0 aliphatic rings. The topological polar surface area (TPSA) is 0 Å². The van der Waals surface area contributed by atoms with Gasteiger partial charge in [-0.25, -0.2) is 0 Å². The summed E-state index contributed by atoms with van der Waals surface area (Å²) >= 11 is 1.62. The van der Waals surface area contributed by atoms with Crippen LogP contribution in [0.3, 0.4) is 0 Å². The van der Waals surface area contributed by atoms with E-state index in [1.807, 2.05) is 0 Å². The molecule has 0 heterocycles. The standard InChI is InChI=1S/C2H4Si.Sn/c1-2-3;/h1-2H2;/q;+3. The predicted molar refractivity (Wildman–Crippen MR) is 21.1 cm³/mol. The van der Waals surface area contributed by atoms with Crippen LogP contribution in [0.25, 0.3) is 0 Å². The molecule has 0 saturated heterocycles. The van der Waals surface area contributed by atoms with E-state index in [9.17, 15) is 0 Å². The van der Waals surface area contributed by atoms with E-state index in [-0.39, 0.29) is 0 Å². The van der Waals surface area contributed by atoms with Gasteiger partial charge in [-0.3, -0.25) is 0 Å². The van der Waals surface area contributed by atoms with E-state index in [2.05, 4.69) is 10.2 Å². The molecule has 0 aromatic rings. The zero-order valence-corrected chi connectivity index (χ0v) is 6.27. The van der Waals surface area contributed by atoms with E-state index in [1.54, 1.807) is 22.5 Å². The van der Waals surface area contributed by atoms with Crippen molar-refractivity contribution < 1.29 is 0 Å². The van der Waals surface area contributed by atoms with E-state index in [4.69, 9.17) is 0 Å². The van der Waals surface area contributed by atoms with Crippen molar-refractivity contribution in [2.45, 2.75) is 10.5 Å². The van der Waals surface area contributed by atoms with Crippen molar-refractivity contribution in [1.82, 2.24) is 0 Å². The molecular weight excluding hydrogens is 171 g/mol. The average molecular weight is 175 g/mol. The van der Waals surface area contributed by atoms with Crippen LogP contribution in [0.1, 0.15) is 0 Å². The summed E-state index contributed by atoms with van der Waals surface area (Å²) in [4.78, 5) is 0. The van der Waals surface area contributed by atoms with Crippen LogP contribution in [0.2, 0.25) is 10.5 Å². The molecule has 0 fully saturated rings. The van der Waals surface area contributed by atoms with Gasteiger partial charge in [0.2, 0.25) is 0 Å². The first-order valence-corrected chi connectivity index (χ1v) is 3.93. The first-order valence-electron chi connectivity index (χ1n) is 1.21. The zero-order chi connectivity index (χ0) is 3.41. The molecule has 0 spiro atoms. The van der Waals surface area contributed by atoms with Crippen molar-refractivity contribution in [2.24, 2.45) is 0 Å². The summed E-state index contributed by atoms with van der Waals surface area (Å²) < 4.78 is 1.32. The van der Waals surface area contributed by atoms with Gasteiger partial charge in [0.25, 0.3) is 0 Å². The van der Waals surface area contributed by atoms with Crippen molar-refractivity contribution in [1.29, 1.82) is 0 Å². The average Bonchev–Trinajstić information content (AvgIpc) is 1.37. The molecule has 3 radical (unpaired) electrons. The summed E-state index contributed by atoms with van der Waals surface area (Å²) in [5, 5.41) is 0. The Morgan fingerprint density at radius 1 is 1.75 bits per heavy atom. The van der Waals surface area contributed by atoms with Crippen LogP contribution < -0.4 is 0 Å². The monoisotopic (exact) mass is 176 g/mol. The van der Waals surface area contributed by atoms with Gasteiger partial charge in [0, 0.05) is 0 Å². The predicted octanol–water partition coefficient (Wildman–Crippen LogP) is 0.160. The van der Waals surface area contributed by atoms with Gasteiger partial charge in [-0.05, 0) is 0 Å². The Hall–Kier alpha value is 1.02. The van der Waals surface area contributed by atoms with Crippen LogP contribution in [0.4, 0.5) is 0 Å². The molecule has 0 atom stereocenters. The maximum absolute atomic E-state index is 3.31. The maximum atomic E-state index is 3.31. The van der Waals surface area contributed by atoms with Gasteiger partial charge < -0.3 is 0 Å². The molecule has 0 rings (SSSR count). The summed E-state index contributed by atoms with van der Waals surface area (Å²) in [6, 6.07) is 1.16. The second-order valence-electron chi connectivity index (χ2n) is 0.500. The van der Waals surface area contributed by atoms with Crippen LogP contribution >= 0.6 is 0 Å². The molecule has 0 nitrogen and oxygen atoms in total. The van der Waals surface area contributed by atoms with E-state index < -0.39 is 0 Å². The van der Waals surface area contributed by atoms with Gasteiger partial charge in [0.15, 0.2) is 0 Å². The van der Waals surface area contributed by atoms with Crippen LogP contribution in [0.15, 0.2) is 0 Å². The van der Waals surface area contributed by atoms with Crippen LogP contribution in [-0.2, 0) is 0 Å². The second-order valence-corrected chi connectivity index (χ2v) is 2.43. The fourth-order valence-corrected chi connectivity index (χ4v) is 0. The Kier molecular flexibility index (Phi) is 5.04. The fourth-order valence-electron chi connectivity index (χ4n) is 0. The van der Waals surface area contributed by atoms with Crippen LogP contribution in [0.5, 0.6) is 0 Å². The molecule has 2 heteroatoms. The molecule has 0 aliphatic heterocycles. The van der Waals surface area contributed by atoms with Gasteiger partial charge in [-0.15, -0.1) is 0 Å². The van der Waals surface area contributed by atoms with E-state index in [0.717, 1.165) is 0 Å². The number of hydrogen-bond donors (Lipinski definition) is 0. The SMILES string of the molecule is [Si]C[CH2][Sn+3]. The second kappa shape index (κ2) is 4.02.